The molecule has 2 saturated heterocycles. The van der Waals surface area contributed by atoms with Gasteiger partial charge in [0.15, 0.2) is 0 Å². The zero-order valence-electron chi connectivity index (χ0n) is 17.4. The van der Waals surface area contributed by atoms with Crippen LogP contribution in [0.4, 0.5) is 10.5 Å². The van der Waals surface area contributed by atoms with Crippen molar-refractivity contribution < 1.29 is 19.2 Å². The summed E-state index contributed by atoms with van der Waals surface area (Å²) in [4.78, 5) is 53.2. The van der Waals surface area contributed by atoms with E-state index in [1.54, 1.807) is 23.1 Å². The Balaban J connectivity index is 1.34. The average Bonchev–Trinajstić information content (AvgIpc) is 3.47. The maximum Gasteiger partial charge on any atom is 0.325 e. The van der Waals surface area contributed by atoms with E-state index < -0.39 is 5.54 Å². The van der Waals surface area contributed by atoms with Crippen molar-refractivity contribution in [2.45, 2.75) is 56.9 Å². The van der Waals surface area contributed by atoms with Crippen LogP contribution in [0.1, 0.15) is 61.7 Å². The van der Waals surface area contributed by atoms with E-state index in [1.807, 2.05) is 0 Å². The summed E-state index contributed by atoms with van der Waals surface area (Å²) < 4.78 is 0. The van der Waals surface area contributed by atoms with Crippen LogP contribution >= 0.6 is 11.6 Å². The van der Waals surface area contributed by atoms with Crippen LogP contribution in [-0.2, 0) is 9.59 Å². The lowest BCUT2D eigenvalue weighted by Gasteiger charge is -2.20. The van der Waals surface area contributed by atoms with Crippen molar-refractivity contribution in [3.8, 4) is 0 Å². The smallest absolute Gasteiger partial charge is 0.325 e. The van der Waals surface area contributed by atoms with E-state index in [0.717, 1.165) is 25.7 Å². The fraction of sp³-hybridized carbons (Fsp3) is 0.545. The monoisotopic (exact) mass is 446 g/mol. The first-order valence-electron chi connectivity index (χ1n) is 10.9. The summed E-state index contributed by atoms with van der Waals surface area (Å²) in [6.07, 6.45) is 5.64. The Hall–Kier alpha value is -2.61. The zero-order chi connectivity index (χ0) is 22.0. The van der Waals surface area contributed by atoms with E-state index in [2.05, 4.69) is 10.6 Å². The van der Waals surface area contributed by atoms with Crippen molar-refractivity contribution in [3.05, 3.63) is 28.8 Å². The first kappa shape index (κ1) is 21.6. The summed E-state index contributed by atoms with van der Waals surface area (Å²) in [5.41, 5.74) is 0.0662. The van der Waals surface area contributed by atoms with E-state index in [0.29, 0.717) is 48.6 Å². The van der Waals surface area contributed by atoms with Crippen LogP contribution < -0.4 is 10.6 Å². The van der Waals surface area contributed by atoms with Crippen molar-refractivity contribution in [1.29, 1.82) is 0 Å². The summed E-state index contributed by atoms with van der Waals surface area (Å²) >= 11 is 6.08. The number of amides is 5. The number of nitrogens with zero attached hydrogens (tertiary/aromatic N) is 2. The van der Waals surface area contributed by atoms with E-state index >= 15 is 0 Å². The molecule has 8 nitrogen and oxygen atoms in total. The Morgan fingerprint density at radius 2 is 1.81 bits per heavy atom. The molecule has 9 heteroatoms. The van der Waals surface area contributed by atoms with E-state index in [4.69, 9.17) is 11.6 Å². The number of imide groups is 1. The second-order valence-corrected chi connectivity index (χ2v) is 8.95. The standard InChI is InChI=1S/C22H27ClN4O4/c23-15-7-8-16(19(29)26-11-3-4-12-26)17(14-15)24-18(28)6-5-13-27-20(30)22(25-21(27)31)9-1-2-10-22/h7-8,14H,1-6,9-13H2,(H,24,28)(H,25,31). The van der Waals surface area contributed by atoms with E-state index in [1.165, 1.54) is 4.90 Å². The number of urea groups is 1. The Morgan fingerprint density at radius 1 is 1.10 bits per heavy atom. The highest BCUT2D eigenvalue weighted by molar-refractivity contribution is 6.31. The number of rotatable bonds is 6. The summed E-state index contributed by atoms with van der Waals surface area (Å²) in [6.45, 7) is 1.61. The highest BCUT2D eigenvalue weighted by Gasteiger charge is 2.52. The van der Waals surface area contributed by atoms with Gasteiger partial charge in [0.2, 0.25) is 5.91 Å². The number of anilines is 1. The van der Waals surface area contributed by atoms with Gasteiger partial charge < -0.3 is 15.5 Å². The number of likely N-dealkylation sites (tertiary alicyclic amines) is 1. The Kier molecular flexibility index (Phi) is 6.18. The fourth-order valence-electron chi connectivity index (χ4n) is 4.70. The van der Waals surface area contributed by atoms with Crippen LogP contribution in [0.2, 0.25) is 5.02 Å². The number of hydrogen-bond acceptors (Lipinski definition) is 4. The van der Waals surface area contributed by atoms with Gasteiger partial charge in [-0.3, -0.25) is 19.3 Å². The zero-order valence-corrected chi connectivity index (χ0v) is 18.2. The number of benzene rings is 1. The molecule has 1 spiro atoms. The van der Waals surface area contributed by atoms with Gasteiger partial charge in [-0.25, -0.2) is 4.79 Å². The average molecular weight is 447 g/mol. The van der Waals surface area contributed by atoms with Gasteiger partial charge in [-0.15, -0.1) is 0 Å². The van der Waals surface area contributed by atoms with E-state index in [9.17, 15) is 19.2 Å². The number of hydrogen-bond donors (Lipinski definition) is 2. The van der Waals surface area contributed by atoms with Crippen LogP contribution in [0.5, 0.6) is 0 Å². The largest absolute Gasteiger partial charge is 0.339 e. The number of carbonyl (C=O) groups excluding carboxylic acids is 4. The topological polar surface area (TPSA) is 98.8 Å². The van der Waals surface area contributed by atoms with Crippen LogP contribution in [0, 0.1) is 0 Å². The lowest BCUT2D eigenvalue weighted by Crippen LogP contribution is -2.44. The minimum Gasteiger partial charge on any atom is -0.339 e. The predicted octanol–water partition coefficient (Wildman–Crippen LogP) is 3.16. The molecule has 1 aromatic carbocycles. The van der Waals surface area contributed by atoms with Gasteiger partial charge in [0.05, 0.1) is 11.3 Å². The Labute approximate surface area is 186 Å². The molecule has 0 radical (unpaired) electrons. The van der Waals surface area contributed by atoms with Gasteiger partial charge in [0.1, 0.15) is 5.54 Å². The second-order valence-electron chi connectivity index (χ2n) is 8.52. The van der Waals surface area contributed by atoms with Crippen LogP contribution in [0.15, 0.2) is 18.2 Å². The van der Waals surface area contributed by atoms with Gasteiger partial charge in [0, 0.05) is 31.1 Å². The molecule has 2 heterocycles. The van der Waals surface area contributed by atoms with Crippen molar-refractivity contribution in [3.63, 3.8) is 0 Å². The molecule has 2 N–H and O–H groups in total. The van der Waals surface area contributed by atoms with Gasteiger partial charge in [-0.1, -0.05) is 24.4 Å². The van der Waals surface area contributed by atoms with E-state index in [-0.39, 0.29) is 36.7 Å². The molecule has 3 fully saturated rings. The molecular weight excluding hydrogens is 420 g/mol. The molecule has 2 aliphatic heterocycles. The van der Waals surface area contributed by atoms with Gasteiger partial charge >= 0.3 is 6.03 Å². The maximum atomic E-state index is 12.8. The molecular formula is C22H27ClN4O4. The minimum atomic E-state index is -0.731. The first-order chi connectivity index (χ1) is 14.9. The molecule has 31 heavy (non-hydrogen) atoms. The van der Waals surface area contributed by atoms with Crippen molar-refractivity contribution in [2.24, 2.45) is 0 Å². The highest BCUT2D eigenvalue weighted by Crippen LogP contribution is 2.35. The molecule has 0 unspecified atom stereocenters. The van der Waals surface area contributed by atoms with Crippen LogP contribution in [-0.4, -0.2) is 58.7 Å². The fourth-order valence-corrected chi connectivity index (χ4v) is 4.88. The second kappa shape index (κ2) is 8.86. The third kappa shape index (κ3) is 4.39. The molecule has 1 aromatic rings. The lowest BCUT2D eigenvalue weighted by atomic mass is 9.98. The Bertz CT molecular complexity index is 907. The molecule has 0 atom stereocenters. The summed E-state index contributed by atoms with van der Waals surface area (Å²) in [5, 5.41) is 6.04. The summed E-state index contributed by atoms with van der Waals surface area (Å²) in [6, 6.07) is 4.47. The molecule has 166 valence electrons. The normalized spacial score (nSPS) is 19.9. The molecule has 1 saturated carbocycles. The first-order valence-corrected chi connectivity index (χ1v) is 11.3. The third-order valence-electron chi connectivity index (χ3n) is 6.37. The van der Waals surface area contributed by atoms with Gasteiger partial charge in [-0.05, 0) is 50.3 Å². The third-order valence-corrected chi connectivity index (χ3v) is 6.60. The summed E-state index contributed by atoms with van der Waals surface area (Å²) in [5.74, 6) is -0.588. The lowest BCUT2D eigenvalue weighted by molar-refractivity contribution is -0.131. The molecule has 0 bridgehead atoms. The predicted molar refractivity (Wildman–Crippen MR) is 116 cm³/mol. The number of carbonyl (C=O) groups is 4. The SMILES string of the molecule is O=C(CCCN1C(=O)NC2(CCCC2)C1=O)Nc1cc(Cl)ccc1C(=O)N1CCCC1. The molecule has 5 amide bonds. The Morgan fingerprint density at radius 3 is 2.52 bits per heavy atom. The molecule has 1 aliphatic carbocycles. The maximum absolute atomic E-state index is 12.8. The van der Waals surface area contributed by atoms with Gasteiger partial charge in [-0.2, -0.15) is 0 Å². The molecule has 0 aromatic heterocycles. The van der Waals surface area contributed by atoms with Crippen molar-refractivity contribution >= 4 is 41.0 Å². The highest BCUT2D eigenvalue weighted by atomic mass is 35.5. The number of halogens is 1. The number of nitrogens with one attached hydrogen (secondary N) is 2. The summed E-state index contributed by atoms with van der Waals surface area (Å²) in [7, 11) is 0. The van der Waals surface area contributed by atoms with Crippen LogP contribution in [0.25, 0.3) is 0 Å². The minimum absolute atomic E-state index is 0.119. The van der Waals surface area contributed by atoms with Crippen molar-refractivity contribution in [2.75, 3.05) is 25.0 Å². The molecule has 4 rings (SSSR count). The van der Waals surface area contributed by atoms with Crippen molar-refractivity contribution in [1.82, 2.24) is 15.1 Å². The van der Waals surface area contributed by atoms with Crippen LogP contribution in [0.3, 0.4) is 0 Å². The molecule has 3 aliphatic rings. The quantitative estimate of drug-likeness (QED) is 0.655. The van der Waals surface area contributed by atoms with Gasteiger partial charge in [0.25, 0.3) is 11.8 Å².